The van der Waals surface area contributed by atoms with Crippen molar-refractivity contribution < 1.29 is 13.2 Å². The Bertz CT molecular complexity index is 1370. The van der Waals surface area contributed by atoms with Gasteiger partial charge in [0.05, 0.1) is 16.6 Å². The number of nitrogens with zero attached hydrogens (tertiary/aromatic N) is 3. The van der Waals surface area contributed by atoms with Crippen molar-refractivity contribution in [3.63, 3.8) is 0 Å². The molecule has 0 spiro atoms. The Labute approximate surface area is 203 Å². The van der Waals surface area contributed by atoms with Crippen molar-refractivity contribution in [2.45, 2.75) is 35.2 Å². The van der Waals surface area contributed by atoms with Crippen LogP contribution in [0.3, 0.4) is 0 Å². The highest BCUT2D eigenvalue weighted by Gasteiger charge is 2.33. The summed E-state index contributed by atoms with van der Waals surface area (Å²) in [6, 6.07) is 19.9. The SMILES string of the molecule is O=C(Cn1cc(S(=O)(=O)N2CCCC2)ccc1=O)N1c2ccccc2SC[C@H]1c1ccccc1. The van der Waals surface area contributed by atoms with E-state index < -0.39 is 15.6 Å². The highest BCUT2D eigenvalue weighted by atomic mass is 32.2. The number of para-hydroxylation sites is 1. The molecule has 0 bridgehead atoms. The number of carbonyl (C=O) groups excluding carboxylic acids is 1. The minimum absolute atomic E-state index is 0.0380. The molecule has 2 aromatic carbocycles. The molecule has 2 aliphatic rings. The molecule has 1 amide bonds. The first kappa shape index (κ1) is 22.9. The number of sulfonamides is 1. The molecule has 1 saturated heterocycles. The van der Waals surface area contributed by atoms with E-state index in [0.29, 0.717) is 18.8 Å². The van der Waals surface area contributed by atoms with Crippen molar-refractivity contribution in [1.29, 1.82) is 0 Å². The Morgan fingerprint density at radius 2 is 1.65 bits per heavy atom. The number of hydrogen-bond acceptors (Lipinski definition) is 5. The van der Waals surface area contributed by atoms with Crippen molar-refractivity contribution in [1.82, 2.24) is 8.87 Å². The summed E-state index contributed by atoms with van der Waals surface area (Å²) in [7, 11) is -3.70. The van der Waals surface area contributed by atoms with Crippen molar-refractivity contribution in [2.24, 2.45) is 0 Å². The normalized spacial score (nSPS) is 18.6. The average Bonchev–Trinajstić information content (AvgIpc) is 3.41. The standard InChI is InChI=1S/C25H25N3O4S2/c29-24-13-12-20(34(31,32)27-14-6-7-15-27)16-26(24)17-25(30)28-21-10-4-5-11-23(21)33-18-22(28)19-8-2-1-3-9-19/h1-5,8-13,16,22H,6-7,14-15,17-18H2/t22-/m0/s1. The molecule has 0 aliphatic carbocycles. The quantitative estimate of drug-likeness (QED) is 0.541. The van der Waals surface area contributed by atoms with E-state index in [9.17, 15) is 18.0 Å². The number of carbonyl (C=O) groups is 1. The number of hydrogen-bond donors (Lipinski definition) is 0. The molecule has 3 heterocycles. The summed E-state index contributed by atoms with van der Waals surface area (Å²) in [5, 5.41) is 0. The summed E-state index contributed by atoms with van der Waals surface area (Å²) in [4.78, 5) is 29.1. The zero-order chi connectivity index (χ0) is 23.7. The van der Waals surface area contributed by atoms with E-state index >= 15 is 0 Å². The fourth-order valence-electron chi connectivity index (χ4n) is 4.50. The molecule has 5 rings (SSSR count). The van der Waals surface area contributed by atoms with E-state index in [0.717, 1.165) is 29.0 Å². The zero-order valence-corrected chi connectivity index (χ0v) is 20.2. The lowest BCUT2D eigenvalue weighted by Gasteiger charge is -2.37. The van der Waals surface area contributed by atoms with Crippen LogP contribution >= 0.6 is 11.8 Å². The number of pyridine rings is 1. The van der Waals surface area contributed by atoms with Crippen LogP contribution in [-0.2, 0) is 21.4 Å². The second-order valence-corrected chi connectivity index (χ2v) is 11.4. The van der Waals surface area contributed by atoms with Crippen LogP contribution in [0.4, 0.5) is 5.69 Å². The number of aromatic nitrogens is 1. The lowest BCUT2D eigenvalue weighted by molar-refractivity contribution is -0.119. The molecular weight excluding hydrogens is 470 g/mol. The first-order valence-corrected chi connectivity index (χ1v) is 13.7. The highest BCUT2D eigenvalue weighted by molar-refractivity contribution is 7.99. The van der Waals surface area contributed by atoms with Gasteiger partial charge >= 0.3 is 0 Å². The van der Waals surface area contributed by atoms with E-state index in [4.69, 9.17) is 0 Å². The third kappa shape index (κ3) is 4.31. The van der Waals surface area contributed by atoms with E-state index in [2.05, 4.69) is 0 Å². The Balaban J connectivity index is 1.49. The molecule has 9 heteroatoms. The molecule has 1 atom stereocenters. The van der Waals surface area contributed by atoms with Gasteiger partial charge < -0.3 is 9.47 Å². The van der Waals surface area contributed by atoms with Gasteiger partial charge in [-0.05, 0) is 36.6 Å². The third-order valence-corrected chi connectivity index (χ3v) is 9.27. The van der Waals surface area contributed by atoms with Crippen molar-refractivity contribution in [3.05, 3.63) is 88.8 Å². The van der Waals surface area contributed by atoms with Gasteiger partial charge in [0.2, 0.25) is 15.9 Å². The molecule has 0 unspecified atom stereocenters. The summed E-state index contributed by atoms with van der Waals surface area (Å²) in [6.45, 7) is 0.702. The lowest BCUT2D eigenvalue weighted by Crippen LogP contribution is -2.42. The molecule has 7 nitrogen and oxygen atoms in total. The Hall–Kier alpha value is -2.88. The number of rotatable bonds is 5. The van der Waals surface area contributed by atoms with Crippen LogP contribution in [-0.4, -0.2) is 42.0 Å². The van der Waals surface area contributed by atoms with Crippen LogP contribution in [0.5, 0.6) is 0 Å². The predicted octanol–water partition coefficient (Wildman–Crippen LogP) is 3.51. The second-order valence-electron chi connectivity index (χ2n) is 8.41. The molecule has 0 saturated carbocycles. The molecule has 34 heavy (non-hydrogen) atoms. The minimum Gasteiger partial charge on any atom is -0.305 e. The number of benzene rings is 2. The van der Waals surface area contributed by atoms with Gasteiger partial charge in [0, 0.05) is 36.0 Å². The molecular formula is C25H25N3O4S2. The van der Waals surface area contributed by atoms with E-state index in [1.807, 2.05) is 54.6 Å². The summed E-state index contributed by atoms with van der Waals surface area (Å²) in [5.41, 5.74) is 1.40. The van der Waals surface area contributed by atoms with E-state index in [-0.39, 0.29) is 23.4 Å². The maximum Gasteiger partial charge on any atom is 0.251 e. The smallest absolute Gasteiger partial charge is 0.251 e. The van der Waals surface area contributed by atoms with Gasteiger partial charge in [-0.25, -0.2) is 8.42 Å². The Morgan fingerprint density at radius 3 is 2.41 bits per heavy atom. The topological polar surface area (TPSA) is 79.7 Å². The van der Waals surface area contributed by atoms with Crippen LogP contribution in [0, 0.1) is 0 Å². The average molecular weight is 496 g/mol. The van der Waals surface area contributed by atoms with Crippen molar-refractivity contribution >= 4 is 33.4 Å². The van der Waals surface area contributed by atoms with Crippen LogP contribution in [0.25, 0.3) is 0 Å². The lowest BCUT2D eigenvalue weighted by atomic mass is 10.1. The number of thioether (sulfide) groups is 1. The largest absolute Gasteiger partial charge is 0.305 e. The Kier molecular flexibility index (Phi) is 6.33. The molecule has 2 aliphatic heterocycles. The number of anilines is 1. The Morgan fingerprint density at radius 1 is 0.941 bits per heavy atom. The molecule has 0 N–H and O–H groups in total. The molecule has 1 fully saturated rings. The van der Waals surface area contributed by atoms with Gasteiger partial charge in [-0.1, -0.05) is 42.5 Å². The second kappa shape index (κ2) is 9.40. The first-order valence-electron chi connectivity index (χ1n) is 11.2. The number of fused-ring (bicyclic) bond motifs is 1. The summed E-state index contributed by atoms with van der Waals surface area (Å²) >= 11 is 1.69. The van der Waals surface area contributed by atoms with Gasteiger partial charge in [0.1, 0.15) is 6.54 Å². The van der Waals surface area contributed by atoms with Crippen molar-refractivity contribution in [3.8, 4) is 0 Å². The van der Waals surface area contributed by atoms with Crippen LogP contribution in [0.15, 0.2) is 87.5 Å². The maximum atomic E-state index is 13.7. The minimum atomic E-state index is -3.70. The van der Waals surface area contributed by atoms with E-state index in [1.165, 1.54) is 27.2 Å². The maximum absolute atomic E-state index is 13.7. The molecule has 176 valence electrons. The molecule has 3 aromatic rings. The highest BCUT2D eigenvalue weighted by Crippen LogP contribution is 2.43. The third-order valence-electron chi connectivity index (χ3n) is 6.25. The van der Waals surface area contributed by atoms with Crippen LogP contribution < -0.4 is 10.5 Å². The summed E-state index contributed by atoms with van der Waals surface area (Å²) in [5.74, 6) is 0.421. The zero-order valence-electron chi connectivity index (χ0n) is 18.5. The van der Waals surface area contributed by atoms with Crippen LogP contribution in [0.2, 0.25) is 0 Å². The van der Waals surface area contributed by atoms with Crippen molar-refractivity contribution in [2.75, 3.05) is 23.7 Å². The van der Waals surface area contributed by atoms with Gasteiger partial charge in [-0.3, -0.25) is 9.59 Å². The van der Waals surface area contributed by atoms with Gasteiger partial charge in [-0.15, -0.1) is 11.8 Å². The number of amides is 1. The molecule has 0 radical (unpaired) electrons. The fourth-order valence-corrected chi connectivity index (χ4v) is 7.21. The monoisotopic (exact) mass is 495 g/mol. The fraction of sp³-hybridized carbons (Fsp3) is 0.280. The molecule has 1 aromatic heterocycles. The summed E-state index contributed by atoms with van der Waals surface area (Å²) < 4.78 is 28.6. The summed E-state index contributed by atoms with van der Waals surface area (Å²) in [6.07, 6.45) is 2.95. The van der Waals surface area contributed by atoms with Gasteiger partial charge in [0.15, 0.2) is 0 Å². The van der Waals surface area contributed by atoms with Gasteiger partial charge in [0.25, 0.3) is 5.56 Å². The van der Waals surface area contributed by atoms with Crippen LogP contribution in [0.1, 0.15) is 24.4 Å². The van der Waals surface area contributed by atoms with E-state index in [1.54, 1.807) is 16.7 Å². The van der Waals surface area contributed by atoms with Gasteiger partial charge in [-0.2, -0.15) is 4.31 Å². The first-order chi connectivity index (χ1) is 16.4. The predicted molar refractivity (Wildman–Crippen MR) is 133 cm³/mol.